The van der Waals surface area contributed by atoms with Crippen LogP contribution in [-0.2, 0) is 16.4 Å². The fraction of sp³-hybridized carbons (Fsp3) is 0.250. The minimum atomic E-state index is -3.57. The van der Waals surface area contributed by atoms with E-state index in [0.717, 1.165) is 12.1 Å². The predicted molar refractivity (Wildman–Crippen MR) is 104 cm³/mol. The van der Waals surface area contributed by atoms with E-state index in [0.29, 0.717) is 41.9 Å². The van der Waals surface area contributed by atoms with Crippen LogP contribution in [0, 0.1) is 5.82 Å². The Balaban J connectivity index is 1.62. The maximum Gasteiger partial charge on any atom is 0.180 e. The molecule has 152 valence electrons. The van der Waals surface area contributed by atoms with Crippen LogP contribution >= 0.6 is 0 Å². The molecule has 0 saturated heterocycles. The van der Waals surface area contributed by atoms with E-state index in [1.165, 1.54) is 12.1 Å². The minimum absolute atomic E-state index is 0.0810. The van der Waals surface area contributed by atoms with Crippen LogP contribution in [0.25, 0.3) is 11.4 Å². The van der Waals surface area contributed by atoms with Crippen LogP contribution in [0.1, 0.15) is 0 Å². The first-order chi connectivity index (χ1) is 14.0. The van der Waals surface area contributed by atoms with Crippen LogP contribution in [0.2, 0.25) is 0 Å². The van der Waals surface area contributed by atoms with Crippen LogP contribution < -0.4 is 14.2 Å². The first-order valence-electron chi connectivity index (χ1n) is 8.95. The maximum absolute atomic E-state index is 13.1. The summed E-state index contributed by atoms with van der Waals surface area (Å²) in [6, 6.07) is 8.32. The van der Waals surface area contributed by atoms with Gasteiger partial charge in [-0.3, -0.25) is 0 Å². The van der Waals surface area contributed by atoms with Gasteiger partial charge in [0.25, 0.3) is 0 Å². The van der Waals surface area contributed by atoms with Crippen LogP contribution in [0.4, 0.5) is 4.39 Å². The van der Waals surface area contributed by atoms with E-state index in [2.05, 4.69) is 4.98 Å². The number of nitrogens with zero attached hydrogens (tertiary/aromatic N) is 2. The summed E-state index contributed by atoms with van der Waals surface area (Å²) in [6.07, 6.45) is 3.29. The van der Waals surface area contributed by atoms with Gasteiger partial charge in [-0.2, -0.15) is 0 Å². The smallest absolute Gasteiger partial charge is 0.180 e. The molecule has 1 aliphatic rings. The van der Waals surface area contributed by atoms with E-state index >= 15 is 0 Å². The summed E-state index contributed by atoms with van der Waals surface area (Å²) in [5.74, 6) is 1.63. The van der Waals surface area contributed by atoms with Crippen molar-refractivity contribution in [2.24, 2.45) is 0 Å². The molecule has 0 amide bonds. The highest BCUT2D eigenvalue weighted by atomic mass is 32.2. The van der Waals surface area contributed by atoms with Crippen molar-refractivity contribution in [2.45, 2.75) is 11.4 Å². The second kappa shape index (κ2) is 7.75. The largest absolute Gasteiger partial charge is 0.496 e. The Morgan fingerprint density at radius 3 is 2.52 bits per heavy atom. The van der Waals surface area contributed by atoms with Crippen molar-refractivity contribution in [1.82, 2.24) is 9.55 Å². The molecule has 1 aromatic heterocycles. The highest BCUT2D eigenvalue weighted by Crippen LogP contribution is 2.41. The Hall–Kier alpha value is -3.07. The molecule has 0 bridgehead atoms. The Morgan fingerprint density at radius 2 is 1.83 bits per heavy atom. The number of hydrogen-bond donors (Lipinski definition) is 0. The molecule has 0 aliphatic carbocycles. The number of aromatic nitrogens is 2. The van der Waals surface area contributed by atoms with Gasteiger partial charge in [0, 0.05) is 25.0 Å². The SMILES string of the molecule is COc1cc2c(cc1-c1nccn1CCS(=O)(=O)c1ccc(F)cc1)OCCO2. The molecule has 1 aliphatic heterocycles. The number of methoxy groups -OCH3 is 1. The molecule has 0 fully saturated rings. The molecule has 0 unspecified atom stereocenters. The molecule has 2 aromatic carbocycles. The highest BCUT2D eigenvalue weighted by molar-refractivity contribution is 7.91. The van der Waals surface area contributed by atoms with Gasteiger partial charge in [0.2, 0.25) is 0 Å². The molecule has 0 saturated carbocycles. The summed E-state index contributed by atoms with van der Waals surface area (Å²) in [4.78, 5) is 4.45. The Labute approximate surface area is 167 Å². The Bertz CT molecular complexity index is 1130. The van der Waals surface area contributed by atoms with E-state index in [4.69, 9.17) is 14.2 Å². The lowest BCUT2D eigenvalue weighted by Crippen LogP contribution is -2.16. The molecule has 0 spiro atoms. The van der Waals surface area contributed by atoms with Gasteiger partial charge in [0.1, 0.15) is 30.6 Å². The molecule has 0 N–H and O–H groups in total. The Kier molecular flexibility index (Phi) is 5.14. The van der Waals surface area contributed by atoms with Crippen LogP contribution in [0.3, 0.4) is 0 Å². The van der Waals surface area contributed by atoms with Gasteiger partial charge < -0.3 is 18.8 Å². The summed E-state index contributed by atoms with van der Waals surface area (Å²) in [5.41, 5.74) is 0.668. The molecular weight excluding hydrogens is 399 g/mol. The van der Waals surface area contributed by atoms with Gasteiger partial charge in [-0.25, -0.2) is 17.8 Å². The zero-order valence-electron chi connectivity index (χ0n) is 15.7. The molecule has 3 aromatic rings. The van der Waals surface area contributed by atoms with Crippen molar-refractivity contribution in [2.75, 3.05) is 26.1 Å². The molecule has 4 rings (SSSR count). The maximum atomic E-state index is 13.1. The predicted octanol–water partition coefficient (Wildman–Crippen LogP) is 2.94. The van der Waals surface area contributed by atoms with Gasteiger partial charge in [0.05, 0.1) is 23.3 Å². The lowest BCUT2D eigenvalue weighted by atomic mass is 10.1. The zero-order chi connectivity index (χ0) is 20.4. The number of ether oxygens (including phenoxy) is 3. The molecule has 29 heavy (non-hydrogen) atoms. The molecular formula is C20H19FN2O5S. The van der Waals surface area contributed by atoms with E-state index in [9.17, 15) is 12.8 Å². The fourth-order valence-electron chi connectivity index (χ4n) is 3.13. The van der Waals surface area contributed by atoms with E-state index in [-0.39, 0.29) is 17.2 Å². The van der Waals surface area contributed by atoms with Crippen molar-refractivity contribution in [1.29, 1.82) is 0 Å². The highest BCUT2D eigenvalue weighted by Gasteiger charge is 2.21. The first-order valence-corrected chi connectivity index (χ1v) is 10.6. The average Bonchev–Trinajstić information content (AvgIpc) is 3.20. The monoisotopic (exact) mass is 418 g/mol. The zero-order valence-corrected chi connectivity index (χ0v) is 16.5. The average molecular weight is 418 g/mol. The number of rotatable bonds is 6. The van der Waals surface area contributed by atoms with Crippen LogP contribution in [0.5, 0.6) is 17.2 Å². The summed E-state index contributed by atoms with van der Waals surface area (Å²) >= 11 is 0. The quantitative estimate of drug-likeness (QED) is 0.573. The van der Waals surface area contributed by atoms with Gasteiger partial charge >= 0.3 is 0 Å². The third-order valence-corrected chi connectivity index (χ3v) is 6.30. The van der Waals surface area contributed by atoms with E-state index in [1.807, 2.05) is 0 Å². The molecule has 9 heteroatoms. The number of imidazole rings is 1. The standard InChI is InChI=1S/C20H19FN2O5S/c1-26-17-13-19-18(27-9-10-28-19)12-16(17)20-22-6-7-23(20)8-11-29(24,25)15-4-2-14(21)3-5-15/h2-7,12-13H,8-11H2,1H3. The van der Waals surface area contributed by atoms with Crippen molar-refractivity contribution in [3.8, 4) is 28.6 Å². The topological polar surface area (TPSA) is 79.7 Å². The van der Waals surface area contributed by atoms with Gasteiger partial charge in [-0.1, -0.05) is 0 Å². The summed E-state index contributed by atoms with van der Waals surface area (Å²) in [6.45, 7) is 1.08. The number of aryl methyl sites for hydroxylation is 1. The lowest BCUT2D eigenvalue weighted by molar-refractivity contribution is 0.171. The summed E-state index contributed by atoms with van der Waals surface area (Å²) in [7, 11) is -2.03. The lowest BCUT2D eigenvalue weighted by Gasteiger charge is -2.21. The second-order valence-electron chi connectivity index (χ2n) is 6.41. The van der Waals surface area contributed by atoms with Crippen LogP contribution in [-0.4, -0.2) is 44.0 Å². The Morgan fingerprint density at radius 1 is 1.14 bits per heavy atom. The van der Waals surface area contributed by atoms with Gasteiger partial charge in [0.15, 0.2) is 21.3 Å². The van der Waals surface area contributed by atoms with E-state index in [1.54, 1.807) is 36.2 Å². The second-order valence-corrected chi connectivity index (χ2v) is 8.52. The third kappa shape index (κ3) is 3.91. The number of benzene rings is 2. The molecule has 0 atom stereocenters. The van der Waals surface area contributed by atoms with Crippen LogP contribution in [0.15, 0.2) is 53.7 Å². The minimum Gasteiger partial charge on any atom is -0.496 e. The van der Waals surface area contributed by atoms with Crippen molar-refractivity contribution >= 4 is 9.84 Å². The van der Waals surface area contributed by atoms with Crippen molar-refractivity contribution in [3.05, 3.63) is 54.6 Å². The number of hydrogen-bond acceptors (Lipinski definition) is 6. The molecule has 2 heterocycles. The number of halogens is 1. The van der Waals surface area contributed by atoms with Gasteiger partial charge in [-0.05, 0) is 30.3 Å². The third-order valence-electron chi connectivity index (χ3n) is 4.59. The fourth-order valence-corrected chi connectivity index (χ4v) is 4.35. The van der Waals surface area contributed by atoms with Crippen molar-refractivity contribution < 1.29 is 27.0 Å². The molecule has 7 nitrogen and oxygen atoms in total. The van der Waals surface area contributed by atoms with E-state index < -0.39 is 15.7 Å². The number of sulfone groups is 1. The number of fused-ring (bicyclic) bond motifs is 1. The normalized spacial score (nSPS) is 13.3. The molecule has 0 radical (unpaired) electrons. The first kappa shape index (κ1) is 19.3. The summed E-state index contributed by atoms with van der Waals surface area (Å²) in [5, 5.41) is 0. The summed E-state index contributed by atoms with van der Waals surface area (Å²) < 4.78 is 56.7. The van der Waals surface area contributed by atoms with Gasteiger partial charge in [-0.15, -0.1) is 0 Å². The van der Waals surface area contributed by atoms with Crippen molar-refractivity contribution in [3.63, 3.8) is 0 Å².